The van der Waals surface area contributed by atoms with Gasteiger partial charge in [-0.05, 0) is 20.4 Å². The molecule has 0 aliphatic rings. The van der Waals surface area contributed by atoms with Gasteiger partial charge in [-0.15, -0.1) is 5.10 Å². The van der Waals surface area contributed by atoms with Gasteiger partial charge in [0.15, 0.2) is 0 Å². The average molecular weight is 198 g/mol. The SMILES string of the molecule is CCCC(C)Nc1nnc(CNC)o1. The third kappa shape index (κ3) is 3.33. The van der Waals surface area contributed by atoms with Crippen molar-refractivity contribution in [3.8, 4) is 0 Å². The molecule has 5 heteroatoms. The van der Waals surface area contributed by atoms with Crippen molar-refractivity contribution in [2.24, 2.45) is 0 Å². The maximum atomic E-state index is 5.35. The molecule has 1 aromatic heterocycles. The molecule has 14 heavy (non-hydrogen) atoms. The number of anilines is 1. The minimum Gasteiger partial charge on any atom is -0.407 e. The fourth-order valence-electron chi connectivity index (χ4n) is 1.25. The maximum Gasteiger partial charge on any atom is 0.315 e. The van der Waals surface area contributed by atoms with E-state index in [1.807, 2.05) is 7.05 Å². The van der Waals surface area contributed by atoms with E-state index in [1.54, 1.807) is 0 Å². The van der Waals surface area contributed by atoms with E-state index in [0.717, 1.165) is 12.8 Å². The van der Waals surface area contributed by atoms with Gasteiger partial charge >= 0.3 is 6.01 Å². The lowest BCUT2D eigenvalue weighted by Gasteiger charge is -2.08. The van der Waals surface area contributed by atoms with Crippen LogP contribution in [0.15, 0.2) is 4.42 Å². The molecule has 0 bridgehead atoms. The highest BCUT2D eigenvalue weighted by atomic mass is 16.4. The Morgan fingerprint density at radius 3 is 2.86 bits per heavy atom. The normalized spacial score (nSPS) is 12.8. The Morgan fingerprint density at radius 2 is 2.21 bits per heavy atom. The van der Waals surface area contributed by atoms with E-state index in [2.05, 4.69) is 34.7 Å². The highest BCUT2D eigenvalue weighted by molar-refractivity contribution is 5.18. The van der Waals surface area contributed by atoms with Gasteiger partial charge in [0.1, 0.15) is 0 Å². The monoisotopic (exact) mass is 198 g/mol. The fourth-order valence-corrected chi connectivity index (χ4v) is 1.25. The van der Waals surface area contributed by atoms with Crippen LogP contribution in [0.5, 0.6) is 0 Å². The van der Waals surface area contributed by atoms with Gasteiger partial charge in [-0.25, -0.2) is 0 Å². The number of hydrogen-bond donors (Lipinski definition) is 2. The topological polar surface area (TPSA) is 63.0 Å². The molecule has 0 saturated heterocycles. The van der Waals surface area contributed by atoms with Crippen LogP contribution in [0.1, 0.15) is 32.6 Å². The van der Waals surface area contributed by atoms with E-state index >= 15 is 0 Å². The van der Waals surface area contributed by atoms with E-state index in [1.165, 1.54) is 0 Å². The van der Waals surface area contributed by atoms with Crippen molar-refractivity contribution in [3.63, 3.8) is 0 Å². The second-order valence-corrected chi connectivity index (χ2v) is 3.37. The molecule has 1 atom stereocenters. The summed E-state index contributed by atoms with van der Waals surface area (Å²) in [5.41, 5.74) is 0. The zero-order valence-electron chi connectivity index (χ0n) is 9.00. The Bertz CT molecular complexity index is 261. The van der Waals surface area contributed by atoms with E-state index in [-0.39, 0.29) is 0 Å². The molecule has 2 N–H and O–H groups in total. The summed E-state index contributed by atoms with van der Waals surface area (Å²) in [6.07, 6.45) is 2.25. The van der Waals surface area contributed by atoms with Gasteiger partial charge in [-0.1, -0.05) is 18.4 Å². The summed E-state index contributed by atoms with van der Waals surface area (Å²) in [6.45, 7) is 4.86. The van der Waals surface area contributed by atoms with Crippen molar-refractivity contribution in [1.82, 2.24) is 15.5 Å². The Balaban J connectivity index is 2.42. The first kappa shape index (κ1) is 11.0. The van der Waals surface area contributed by atoms with Gasteiger partial charge in [-0.2, -0.15) is 0 Å². The summed E-state index contributed by atoms with van der Waals surface area (Å²) in [6, 6.07) is 0.888. The number of aromatic nitrogens is 2. The smallest absolute Gasteiger partial charge is 0.315 e. The molecule has 1 aromatic rings. The molecule has 0 aliphatic heterocycles. The predicted octanol–water partition coefficient (Wildman–Crippen LogP) is 1.39. The molecule has 80 valence electrons. The molecule has 1 rings (SSSR count). The summed E-state index contributed by atoms with van der Waals surface area (Å²) < 4.78 is 5.35. The van der Waals surface area contributed by atoms with Crippen LogP contribution in [0.4, 0.5) is 6.01 Å². The van der Waals surface area contributed by atoms with Crippen molar-refractivity contribution in [3.05, 3.63) is 5.89 Å². The highest BCUT2D eigenvalue weighted by Crippen LogP contribution is 2.08. The van der Waals surface area contributed by atoms with E-state index in [4.69, 9.17) is 4.42 Å². The Kier molecular flexibility index (Phi) is 4.39. The third-order valence-electron chi connectivity index (χ3n) is 1.89. The maximum absolute atomic E-state index is 5.35. The molecule has 0 fully saturated rings. The second-order valence-electron chi connectivity index (χ2n) is 3.37. The van der Waals surface area contributed by atoms with Crippen LogP contribution in [-0.2, 0) is 6.54 Å². The largest absolute Gasteiger partial charge is 0.407 e. The van der Waals surface area contributed by atoms with Crippen LogP contribution in [0.25, 0.3) is 0 Å². The van der Waals surface area contributed by atoms with Crippen LogP contribution in [-0.4, -0.2) is 23.3 Å². The lowest BCUT2D eigenvalue weighted by atomic mass is 10.2. The minimum absolute atomic E-state index is 0.378. The van der Waals surface area contributed by atoms with E-state index < -0.39 is 0 Å². The van der Waals surface area contributed by atoms with Crippen molar-refractivity contribution >= 4 is 6.01 Å². The first-order chi connectivity index (χ1) is 6.76. The zero-order chi connectivity index (χ0) is 10.4. The van der Waals surface area contributed by atoms with Gasteiger partial charge in [0.05, 0.1) is 6.54 Å². The summed E-state index contributed by atoms with van der Waals surface area (Å²) in [4.78, 5) is 0. The Labute approximate surface area is 84.3 Å². The molecule has 0 saturated carbocycles. The fraction of sp³-hybridized carbons (Fsp3) is 0.778. The molecular formula is C9H18N4O. The number of rotatable bonds is 6. The van der Waals surface area contributed by atoms with Crippen molar-refractivity contribution in [2.45, 2.75) is 39.3 Å². The quantitative estimate of drug-likeness (QED) is 0.723. The molecule has 0 radical (unpaired) electrons. The van der Waals surface area contributed by atoms with Crippen LogP contribution >= 0.6 is 0 Å². The lowest BCUT2D eigenvalue weighted by Crippen LogP contribution is -2.14. The number of nitrogens with one attached hydrogen (secondary N) is 2. The summed E-state index contributed by atoms with van der Waals surface area (Å²) >= 11 is 0. The first-order valence-electron chi connectivity index (χ1n) is 4.99. The summed E-state index contributed by atoms with van der Waals surface area (Å²) in [5, 5.41) is 13.9. The highest BCUT2D eigenvalue weighted by Gasteiger charge is 2.07. The van der Waals surface area contributed by atoms with Crippen molar-refractivity contribution < 1.29 is 4.42 Å². The lowest BCUT2D eigenvalue weighted by molar-refractivity contribution is 0.483. The first-order valence-corrected chi connectivity index (χ1v) is 4.99. The minimum atomic E-state index is 0.378. The zero-order valence-corrected chi connectivity index (χ0v) is 9.00. The number of nitrogens with zero attached hydrogens (tertiary/aromatic N) is 2. The van der Waals surface area contributed by atoms with Crippen LogP contribution in [0, 0.1) is 0 Å². The molecule has 0 amide bonds. The van der Waals surface area contributed by atoms with Crippen LogP contribution in [0.3, 0.4) is 0 Å². The molecule has 5 nitrogen and oxygen atoms in total. The molecule has 1 heterocycles. The van der Waals surface area contributed by atoms with Gasteiger partial charge in [0, 0.05) is 6.04 Å². The average Bonchev–Trinajstić information content (AvgIpc) is 2.53. The van der Waals surface area contributed by atoms with Gasteiger partial charge in [-0.3, -0.25) is 0 Å². The van der Waals surface area contributed by atoms with Gasteiger partial charge in [0.2, 0.25) is 5.89 Å². The van der Waals surface area contributed by atoms with Crippen molar-refractivity contribution in [1.29, 1.82) is 0 Å². The van der Waals surface area contributed by atoms with E-state index in [0.29, 0.717) is 24.5 Å². The molecule has 0 spiro atoms. The van der Waals surface area contributed by atoms with Gasteiger partial charge in [0.25, 0.3) is 0 Å². The van der Waals surface area contributed by atoms with Crippen LogP contribution < -0.4 is 10.6 Å². The molecule has 1 unspecified atom stereocenters. The van der Waals surface area contributed by atoms with Gasteiger partial charge < -0.3 is 15.1 Å². The van der Waals surface area contributed by atoms with Crippen molar-refractivity contribution in [2.75, 3.05) is 12.4 Å². The predicted molar refractivity (Wildman–Crippen MR) is 55.1 cm³/mol. The number of hydrogen-bond acceptors (Lipinski definition) is 5. The second kappa shape index (κ2) is 5.59. The summed E-state index contributed by atoms with van der Waals surface area (Å²) in [7, 11) is 1.84. The Morgan fingerprint density at radius 1 is 1.43 bits per heavy atom. The molecule has 0 aromatic carbocycles. The van der Waals surface area contributed by atoms with Crippen LogP contribution in [0.2, 0.25) is 0 Å². The molecule has 0 aliphatic carbocycles. The third-order valence-corrected chi connectivity index (χ3v) is 1.89. The van der Waals surface area contributed by atoms with E-state index in [9.17, 15) is 0 Å². The molecular weight excluding hydrogens is 180 g/mol. The Hall–Kier alpha value is -1.10. The summed E-state index contributed by atoms with van der Waals surface area (Å²) in [5.74, 6) is 0.610. The standard InChI is InChI=1S/C9H18N4O/c1-4-5-7(2)11-9-13-12-8(14-9)6-10-3/h7,10H,4-6H2,1-3H3,(H,11,13).